The Bertz CT molecular complexity index is 1140. The van der Waals surface area contributed by atoms with Gasteiger partial charge in [0.05, 0.1) is 24.0 Å². The van der Waals surface area contributed by atoms with E-state index in [1.807, 2.05) is 12.1 Å². The standard InChI is InChI=1S/C30H44INO4Si/c1-11-35-28(34)20-14-12-19(13-15-20)27(33)24-25(31)23-21(32-26(24)18(2)3)16-30(7,8)17-22(23)36-37(9,10)29(4,5)6/h12-15,18,22,27,33H,11,16-17H2,1-10H3/t22-,27-/m0/s1. The van der Waals surface area contributed by atoms with Gasteiger partial charge in [0.15, 0.2) is 8.32 Å². The van der Waals surface area contributed by atoms with Gasteiger partial charge in [0, 0.05) is 20.4 Å². The van der Waals surface area contributed by atoms with Gasteiger partial charge in [-0.3, -0.25) is 4.98 Å². The molecule has 0 unspecified atom stereocenters. The van der Waals surface area contributed by atoms with E-state index in [4.69, 9.17) is 14.1 Å². The van der Waals surface area contributed by atoms with Crippen LogP contribution >= 0.6 is 22.6 Å². The summed E-state index contributed by atoms with van der Waals surface area (Å²) in [6.07, 6.45) is 0.897. The zero-order valence-corrected chi connectivity index (χ0v) is 27.3. The normalized spacial score (nSPS) is 18.5. The highest BCUT2D eigenvalue weighted by molar-refractivity contribution is 14.1. The summed E-state index contributed by atoms with van der Waals surface area (Å²) < 4.78 is 13.2. The minimum Gasteiger partial charge on any atom is -0.462 e. The lowest BCUT2D eigenvalue weighted by Gasteiger charge is -2.44. The van der Waals surface area contributed by atoms with Crippen molar-refractivity contribution in [2.24, 2.45) is 5.41 Å². The first-order valence-corrected chi connectivity index (χ1v) is 17.3. The monoisotopic (exact) mass is 637 g/mol. The highest BCUT2D eigenvalue weighted by Crippen LogP contribution is 2.50. The minimum absolute atomic E-state index is 0.0580. The number of aromatic nitrogens is 1. The molecular weight excluding hydrogens is 593 g/mol. The quantitative estimate of drug-likeness (QED) is 0.189. The number of hydrogen-bond acceptors (Lipinski definition) is 5. The van der Waals surface area contributed by atoms with Crippen molar-refractivity contribution in [3.63, 3.8) is 0 Å². The molecule has 1 N–H and O–H groups in total. The number of pyridine rings is 1. The first-order valence-electron chi connectivity index (χ1n) is 13.3. The maximum absolute atomic E-state index is 12.1. The Morgan fingerprint density at radius 1 is 1.22 bits per heavy atom. The van der Waals surface area contributed by atoms with Gasteiger partial charge in [-0.05, 0) is 89.5 Å². The molecule has 37 heavy (non-hydrogen) atoms. The average molecular weight is 638 g/mol. The molecule has 2 atom stereocenters. The summed E-state index contributed by atoms with van der Waals surface area (Å²) in [6.45, 7) is 22.4. The molecule has 204 valence electrons. The van der Waals surface area contributed by atoms with E-state index in [1.165, 1.54) is 0 Å². The summed E-state index contributed by atoms with van der Waals surface area (Å²) in [5, 5.41) is 11.8. The molecule has 1 heterocycles. The second kappa shape index (κ2) is 11.1. The third-order valence-electron chi connectivity index (χ3n) is 7.82. The number of halogens is 1. The lowest BCUT2D eigenvalue weighted by molar-refractivity contribution is 0.0526. The zero-order valence-electron chi connectivity index (χ0n) is 24.2. The van der Waals surface area contributed by atoms with Crippen LogP contribution in [-0.2, 0) is 15.6 Å². The van der Waals surface area contributed by atoms with Crippen LogP contribution in [0.1, 0.15) is 118 Å². The van der Waals surface area contributed by atoms with Crippen molar-refractivity contribution in [1.82, 2.24) is 4.98 Å². The van der Waals surface area contributed by atoms with Crippen LogP contribution in [0.4, 0.5) is 0 Å². The van der Waals surface area contributed by atoms with E-state index < -0.39 is 14.4 Å². The fourth-order valence-electron chi connectivity index (χ4n) is 4.76. The molecule has 7 heteroatoms. The number of benzene rings is 1. The summed E-state index contributed by atoms with van der Waals surface area (Å²) in [5.74, 6) is -0.211. The van der Waals surface area contributed by atoms with Crippen molar-refractivity contribution in [2.45, 2.75) is 104 Å². The molecule has 0 saturated heterocycles. The largest absolute Gasteiger partial charge is 0.462 e. The number of aliphatic hydroxyl groups is 1. The smallest absolute Gasteiger partial charge is 0.338 e. The molecule has 1 aromatic carbocycles. The molecule has 0 spiro atoms. The van der Waals surface area contributed by atoms with Crippen LogP contribution in [0.15, 0.2) is 24.3 Å². The molecule has 0 bridgehead atoms. The number of carbonyl (C=O) groups excluding carboxylic acids is 1. The number of nitrogens with zero attached hydrogens (tertiary/aromatic N) is 1. The molecule has 2 aromatic rings. The molecule has 1 aromatic heterocycles. The van der Waals surface area contributed by atoms with Gasteiger partial charge in [0.25, 0.3) is 0 Å². The summed E-state index contributed by atoms with van der Waals surface area (Å²) in [6, 6.07) is 7.05. The van der Waals surface area contributed by atoms with Crippen molar-refractivity contribution in [2.75, 3.05) is 6.61 Å². The van der Waals surface area contributed by atoms with Crippen molar-refractivity contribution < 1.29 is 19.1 Å². The lowest BCUT2D eigenvalue weighted by atomic mass is 9.74. The minimum atomic E-state index is -2.05. The maximum atomic E-state index is 12.1. The number of hydrogen-bond donors (Lipinski definition) is 1. The van der Waals surface area contributed by atoms with E-state index >= 15 is 0 Å². The van der Waals surface area contributed by atoms with Crippen LogP contribution in [0.3, 0.4) is 0 Å². The third kappa shape index (κ3) is 6.48. The molecule has 0 amide bonds. The van der Waals surface area contributed by atoms with Gasteiger partial charge in [-0.1, -0.05) is 60.6 Å². The number of ether oxygens (including phenoxy) is 1. The molecule has 3 rings (SSSR count). The molecule has 5 nitrogen and oxygen atoms in total. The second-order valence-corrected chi connectivity index (χ2v) is 18.7. The van der Waals surface area contributed by atoms with Crippen LogP contribution in [0.25, 0.3) is 0 Å². The van der Waals surface area contributed by atoms with E-state index in [0.29, 0.717) is 12.2 Å². The van der Waals surface area contributed by atoms with Crippen molar-refractivity contribution >= 4 is 36.9 Å². The molecule has 1 aliphatic carbocycles. The lowest BCUT2D eigenvalue weighted by Crippen LogP contribution is -2.44. The highest BCUT2D eigenvalue weighted by Gasteiger charge is 2.44. The Morgan fingerprint density at radius 2 is 1.81 bits per heavy atom. The maximum Gasteiger partial charge on any atom is 0.338 e. The Kier molecular flexibility index (Phi) is 9.04. The Labute approximate surface area is 238 Å². The van der Waals surface area contributed by atoms with E-state index in [-0.39, 0.29) is 28.4 Å². The third-order valence-corrected chi connectivity index (χ3v) is 13.5. The molecular formula is C30H44INO4Si. The Hall–Kier alpha value is -1.29. The summed E-state index contributed by atoms with van der Waals surface area (Å²) in [4.78, 5) is 17.3. The predicted molar refractivity (Wildman–Crippen MR) is 161 cm³/mol. The highest BCUT2D eigenvalue weighted by atomic mass is 127. The average Bonchev–Trinajstić information content (AvgIpc) is 2.76. The van der Waals surface area contributed by atoms with Gasteiger partial charge in [-0.25, -0.2) is 4.79 Å². The van der Waals surface area contributed by atoms with E-state index in [1.54, 1.807) is 19.1 Å². The summed E-state index contributed by atoms with van der Waals surface area (Å²) in [5.41, 5.74) is 5.30. The predicted octanol–water partition coefficient (Wildman–Crippen LogP) is 8.10. The number of rotatable bonds is 7. The fourth-order valence-corrected chi connectivity index (χ4v) is 7.25. The zero-order chi connectivity index (χ0) is 27.9. The number of esters is 1. The van der Waals surface area contributed by atoms with Crippen LogP contribution in [0.5, 0.6) is 0 Å². The van der Waals surface area contributed by atoms with Crippen LogP contribution in [-0.4, -0.2) is 31.0 Å². The van der Waals surface area contributed by atoms with Gasteiger partial charge in [0.1, 0.15) is 6.10 Å². The van der Waals surface area contributed by atoms with Crippen LogP contribution in [0.2, 0.25) is 18.1 Å². The van der Waals surface area contributed by atoms with E-state index in [2.05, 4.69) is 84.2 Å². The second-order valence-electron chi connectivity index (χ2n) is 12.9. The van der Waals surface area contributed by atoms with Gasteiger partial charge < -0.3 is 14.3 Å². The molecule has 0 saturated carbocycles. The SMILES string of the molecule is CCOC(=O)c1ccc([C@H](O)c2c(C(C)C)nc3c(c2I)[C@@H](O[Si](C)(C)C(C)(C)C)CC(C)(C)C3)cc1. The van der Waals surface area contributed by atoms with Crippen molar-refractivity contribution in [3.8, 4) is 0 Å². The molecule has 0 fully saturated rings. The van der Waals surface area contributed by atoms with Gasteiger partial charge >= 0.3 is 5.97 Å². The summed E-state index contributed by atoms with van der Waals surface area (Å²) >= 11 is 2.41. The number of aliphatic hydroxyl groups excluding tert-OH is 1. The number of carbonyl (C=O) groups is 1. The van der Waals surface area contributed by atoms with E-state index in [9.17, 15) is 9.90 Å². The molecule has 0 radical (unpaired) electrons. The van der Waals surface area contributed by atoms with Gasteiger partial charge in [0.2, 0.25) is 0 Å². The topological polar surface area (TPSA) is 68.7 Å². The van der Waals surface area contributed by atoms with Gasteiger partial charge in [-0.2, -0.15) is 0 Å². The van der Waals surface area contributed by atoms with Crippen LogP contribution < -0.4 is 0 Å². The first kappa shape index (κ1) is 30.3. The van der Waals surface area contributed by atoms with E-state index in [0.717, 1.165) is 44.5 Å². The van der Waals surface area contributed by atoms with Crippen molar-refractivity contribution in [3.05, 3.63) is 61.5 Å². The first-order chi connectivity index (χ1) is 17.0. The van der Waals surface area contributed by atoms with Crippen LogP contribution in [0, 0.1) is 8.99 Å². The van der Waals surface area contributed by atoms with Crippen molar-refractivity contribution in [1.29, 1.82) is 0 Å². The van der Waals surface area contributed by atoms with Gasteiger partial charge in [-0.15, -0.1) is 0 Å². The Morgan fingerprint density at radius 3 is 2.32 bits per heavy atom. The number of fused-ring (bicyclic) bond motifs is 1. The fraction of sp³-hybridized carbons (Fsp3) is 0.600. The molecule has 0 aliphatic heterocycles. The summed E-state index contributed by atoms with van der Waals surface area (Å²) in [7, 11) is -2.05. The molecule has 1 aliphatic rings. The Balaban J connectivity index is 2.14.